The van der Waals surface area contributed by atoms with E-state index in [-0.39, 0.29) is 17.4 Å². The minimum absolute atomic E-state index is 0.0596. The summed E-state index contributed by atoms with van der Waals surface area (Å²) in [5, 5.41) is 1.77. The SMILES string of the molecule is CC(=O)c1cc(C)cc(Cl)n1.CON(C)C(=O)c1cc(C)cc(Cl)n1. The molecule has 2 aromatic heterocycles. The van der Waals surface area contributed by atoms with Gasteiger partial charge in [0.2, 0.25) is 0 Å². The van der Waals surface area contributed by atoms with Gasteiger partial charge in [-0.2, -0.15) is 0 Å². The monoisotopic (exact) mass is 383 g/mol. The van der Waals surface area contributed by atoms with Crippen LogP contribution in [0, 0.1) is 13.8 Å². The van der Waals surface area contributed by atoms with Crippen molar-refractivity contribution in [2.75, 3.05) is 14.2 Å². The lowest BCUT2D eigenvalue weighted by Crippen LogP contribution is -2.26. The molecular formula is C17H19Cl2N3O3. The number of carbonyl (C=O) groups is 2. The minimum Gasteiger partial charge on any atom is -0.293 e. The van der Waals surface area contributed by atoms with Gasteiger partial charge in [0.05, 0.1) is 7.11 Å². The third-order valence-corrected chi connectivity index (χ3v) is 3.40. The molecule has 0 fully saturated rings. The molecule has 0 saturated carbocycles. The van der Waals surface area contributed by atoms with Crippen LogP contribution in [0.3, 0.4) is 0 Å². The van der Waals surface area contributed by atoms with Crippen molar-refractivity contribution in [2.24, 2.45) is 0 Å². The molecule has 2 aromatic rings. The Morgan fingerprint density at radius 1 is 0.960 bits per heavy atom. The van der Waals surface area contributed by atoms with Gasteiger partial charge in [0, 0.05) is 14.0 Å². The van der Waals surface area contributed by atoms with Gasteiger partial charge in [-0.3, -0.25) is 14.4 Å². The molecule has 2 heterocycles. The number of carbonyl (C=O) groups excluding carboxylic acids is 2. The number of rotatable bonds is 3. The molecule has 6 nitrogen and oxygen atoms in total. The van der Waals surface area contributed by atoms with Gasteiger partial charge in [-0.05, 0) is 49.2 Å². The molecule has 25 heavy (non-hydrogen) atoms. The first kappa shape index (κ1) is 21.0. The zero-order chi connectivity index (χ0) is 19.1. The molecule has 0 N–H and O–H groups in total. The maximum absolute atomic E-state index is 11.6. The Morgan fingerprint density at radius 3 is 1.80 bits per heavy atom. The van der Waals surface area contributed by atoms with Crippen molar-refractivity contribution in [3.05, 3.63) is 57.1 Å². The van der Waals surface area contributed by atoms with Gasteiger partial charge in [0.1, 0.15) is 21.7 Å². The van der Waals surface area contributed by atoms with E-state index in [0.717, 1.165) is 16.2 Å². The summed E-state index contributed by atoms with van der Waals surface area (Å²) in [5.74, 6) is -0.381. The summed E-state index contributed by atoms with van der Waals surface area (Å²) in [7, 11) is 2.93. The summed E-state index contributed by atoms with van der Waals surface area (Å²) in [5.41, 5.74) is 2.54. The van der Waals surface area contributed by atoms with Crippen LogP contribution in [0.25, 0.3) is 0 Å². The van der Waals surface area contributed by atoms with Crippen LogP contribution in [0.15, 0.2) is 24.3 Å². The Hall–Kier alpha value is -2.02. The van der Waals surface area contributed by atoms with Crippen molar-refractivity contribution in [1.29, 1.82) is 0 Å². The highest BCUT2D eigenvalue weighted by Crippen LogP contribution is 2.11. The normalized spacial score (nSPS) is 9.88. The highest BCUT2D eigenvalue weighted by Gasteiger charge is 2.13. The van der Waals surface area contributed by atoms with Crippen molar-refractivity contribution >= 4 is 34.9 Å². The number of hydrogen-bond donors (Lipinski definition) is 0. The van der Waals surface area contributed by atoms with Crippen LogP contribution < -0.4 is 0 Å². The molecule has 0 aliphatic rings. The zero-order valence-electron chi connectivity index (χ0n) is 14.6. The fourth-order valence-electron chi connectivity index (χ4n) is 1.78. The van der Waals surface area contributed by atoms with Crippen LogP contribution in [-0.2, 0) is 4.84 Å². The second-order valence-corrected chi connectivity index (χ2v) is 6.02. The number of ketones is 1. The van der Waals surface area contributed by atoms with Crippen LogP contribution in [-0.4, -0.2) is 40.9 Å². The summed E-state index contributed by atoms with van der Waals surface area (Å²) in [6.45, 7) is 5.19. The molecule has 8 heteroatoms. The Labute approximate surface area is 156 Å². The topological polar surface area (TPSA) is 72.4 Å². The molecule has 0 atom stereocenters. The summed E-state index contributed by atoms with van der Waals surface area (Å²) >= 11 is 11.4. The van der Waals surface area contributed by atoms with Crippen molar-refractivity contribution in [3.63, 3.8) is 0 Å². The second kappa shape index (κ2) is 9.46. The first-order valence-corrected chi connectivity index (χ1v) is 8.01. The van der Waals surface area contributed by atoms with E-state index in [9.17, 15) is 9.59 Å². The summed E-state index contributed by atoms with van der Waals surface area (Å²) in [6, 6.07) is 6.77. The van der Waals surface area contributed by atoms with E-state index >= 15 is 0 Å². The van der Waals surface area contributed by atoms with E-state index in [2.05, 4.69) is 9.97 Å². The van der Waals surface area contributed by atoms with E-state index in [1.165, 1.54) is 21.1 Å². The third-order valence-electron chi connectivity index (χ3n) is 3.02. The van der Waals surface area contributed by atoms with E-state index in [1.54, 1.807) is 24.3 Å². The fourth-order valence-corrected chi connectivity index (χ4v) is 2.31. The molecule has 0 aliphatic carbocycles. The molecule has 0 saturated heterocycles. The number of pyridine rings is 2. The Kier molecular flexibility index (Phi) is 7.96. The minimum atomic E-state index is -0.321. The van der Waals surface area contributed by atoms with Crippen LogP contribution in [0.2, 0.25) is 10.3 Å². The third kappa shape index (κ3) is 6.78. The van der Waals surface area contributed by atoms with Crippen LogP contribution in [0.5, 0.6) is 0 Å². The maximum Gasteiger partial charge on any atom is 0.295 e. The number of halogens is 2. The Bertz CT molecular complexity index is 741. The van der Waals surface area contributed by atoms with Crippen molar-refractivity contribution in [1.82, 2.24) is 15.0 Å². The summed E-state index contributed by atoms with van der Waals surface area (Å²) in [4.78, 5) is 34.9. The average molecular weight is 384 g/mol. The summed E-state index contributed by atoms with van der Waals surface area (Å²) in [6.07, 6.45) is 0. The number of aryl methyl sites for hydroxylation is 2. The number of hydrogen-bond acceptors (Lipinski definition) is 5. The first-order chi connectivity index (χ1) is 11.6. The lowest BCUT2D eigenvalue weighted by atomic mass is 10.2. The van der Waals surface area contributed by atoms with Gasteiger partial charge in [0.25, 0.3) is 5.91 Å². The molecule has 0 aliphatic heterocycles. The quantitative estimate of drug-likeness (QED) is 0.456. The molecule has 0 spiro atoms. The smallest absolute Gasteiger partial charge is 0.293 e. The van der Waals surface area contributed by atoms with Crippen LogP contribution in [0.1, 0.15) is 39.0 Å². The largest absolute Gasteiger partial charge is 0.295 e. The average Bonchev–Trinajstić information content (AvgIpc) is 2.52. The lowest BCUT2D eigenvalue weighted by Gasteiger charge is -2.13. The number of Topliss-reactive ketones (excluding diaryl/α,β-unsaturated/α-hetero) is 1. The molecule has 0 aromatic carbocycles. The van der Waals surface area contributed by atoms with E-state index in [4.69, 9.17) is 28.0 Å². The van der Waals surface area contributed by atoms with Gasteiger partial charge in [-0.25, -0.2) is 15.0 Å². The lowest BCUT2D eigenvalue weighted by molar-refractivity contribution is -0.0760. The van der Waals surface area contributed by atoms with Crippen LogP contribution >= 0.6 is 23.2 Å². The Balaban J connectivity index is 0.000000257. The standard InChI is InChI=1S/C9H11ClN2O2.C8H8ClNO/c1-6-4-7(11-8(10)5-6)9(13)12(2)14-3;1-5-3-7(6(2)11)10-8(9)4-5/h4-5H,1-3H3;3-4H,1-2H3. The fraction of sp³-hybridized carbons (Fsp3) is 0.294. The van der Waals surface area contributed by atoms with Gasteiger partial charge < -0.3 is 0 Å². The predicted octanol–water partition coefficient (Wildman–Crippen LogP) is 3.92. The van der Waals surface area contributed by atoms with Gasteiger partial charge in [-0.15, -0.1) is 0 Å². The van der Waals surface area contributed by atoms with Gasteiger partial charge in [-0.1, -0.05) is 23.2 Å². The molecule has 0 unspecified atom stereocenters. The van der Waals surface area contributed by atoms with E-state index < -0.39 is 0 Å². The molecule has 2 rings (SSSR count). The van der Waals surface area contributed by atoms with Crippen molar-refractivity contribution in [2.45, 2.75) is 20.8 Å². The van der Waals surface area contributed by atoms with Gasteiger partial charge in [0.15, 0.2) is 5.78 Å². The molecule has 0 bridgehead atoms. The first-order valence-electron chi connectivity index (χ1n) is 7.25. The molecular weight excluding hydrogens is 365 g/mol. The molecule has 134 valence electrons. The maximum atomic E-state index is 11.6. The highest BCUT2D eigenvalue weighted by atomic mass is 35.5. The van der Waals surface area contributed by atoms with Crippen molar-refractivity contribution < 1.29 is 14.4 Å². The number of amides is 1. The zero-order valence-corrected chi connectivity index (χ0v) is 16.1. The number of aromatic nitrogens is 2. The second-order valence-electron chi connectivity index (χ2n) is 5.25. The van der Waals surface area contributed by atoms with Crippen LogP contribution in [0.4, 0.5) is 0 Å². The van der Waals surface area contributed by atoms with Gasteiger partial charge >= 0.3 is 0 Å². The Morgan fingerprint density at radius 2 is 1.40 bits per heavy atom. The highest BCUT2D eigenvalue weighted by molar-refractivity contribution is 6.29. The summed E-state index contributed by atoms with van der Waals surface area (Å²) < 4.78 is 0. The van der Waals surface area contributed by atoms with E-state index in [0.29, 0.717) is 16.0 Å². The molecule has 1 amide bonds. The van der Waals surface area contributed by atoms with E-state index in [1.807, 2.05) is 13.8 Å². The molecule has 0 radical (unpaired) electrons. The van der Waals surface area contributed by atoms with Crippen molar-refractivity contribution in [3.8, 4) is 0 Å². The number of hydroxylamine groups is 2. The number of nitrogens with zero attached hydrogens (tertiary/aromatic N) is 3. The predicted molar refractivity (Wildman–Crippen MR) is 97.1 cm³/mol.